The largest absolute Gasteiger partial charge is 0.466 e. The molecule has 0 bridgehead atoms. The van der Waals surface area contributed by atoms with Crippen LogP contribution in [0.15, 0.2) is 12.2 Å². The minimum absolute atomic E-state index is 0.161. The number of rotatable bonds is 7. The molecule has 0 spiro atoms. The van der Waals surface area contributed by atoms with Crippen LogP contribution in [0.4, 0.5) is 0 Å². The summed E-state index contributed by atoms with van der Waals surface area (Å²) >= 11 is 0. The minimum atomic E-state index is -0.161. The smallest absolute Gasteiger partial charge is 0.302 e. The molecule has 0 radical (unpaired) electrons. The van der Waals surface area contributed by atoms with Crippen molar-refractivity contribution in [1.29, 1.82) is 0 Å². The summed E-state index contributed by atoms with van der Waals surface area (Å²) in [5, 5.41) is 0. The first-order valence-electron chi connectivity index (χ1n) is 14.5. The summed E-state index contributed by atoms with van der Waals surface area (Å²) in [6.45, 7) is 14.5. The van der Waals surface area contributed by atoms with Crippen LogP contribution in [0.2, 0.25) is 0 Å². The van der Waals surface area contributed by atoms with Gasteiger partial charge in [0.25, 0.3) is 0 Å². The van der Waals surface area contributed by atoms with Crippen LogP contribution in [0.1, 0.15) is 112 Å². The highest BCUT2D eigenvalue weighted by molar-refractivity contribution is 5.65. The van der Waals surface area contributed by atoms with E-state index in [2.05, 4.69) is 46.8 Å². The van der Waals surface area contributed by atoms with E-state index in [-0.39, 0.29) is 5.97 Å². The number of carbonyl (C=O) groups is 1. The number of esters is 1. The van der Waals surface area contributed by atoms with Gasteiger partial charge >= 0.3 is 5.97 Å². The number of ether oxygens (including phenoxy) is 1. The average Bonchev–Trinajstić information content (AvgIpc) is 3.12. The summed E-state index contributed by atoms with van der Waals surface area (Å²) in [5.41, 5.74) is 1.19. The van der Waals surface area contributed by atoms with Crippen molar-refractivity contribution in [3.8, 4) is 0 Å². The van der Waals surface area contributed by atoms with Crippen molar-refractivity contribution < 1.29 is 9.53 Å². The maximum Gasteiger partial charge on any atom is 0.302 e. The highest BCUT2D eigenvalue weighted by Gasteiger charge is 2.59. The molecule has 0 aromatic rings. The molecule has 4 fully saturated rings. The minimum Gasteiger partial charge on any atom is -0.466 e. The Hall–Kier alpha value is -0.790. The molecule has 1 unspecified atom stereocenters. The third-order valence-electron chi connectivity index (χ3n) is 11.6. The van der Waals surface area contributed by atoms with E-state index in [9.17, 15) is 4.79 Å². The molecule has 2 nitrogen and oxygen atoms in total. The summed E-state index contributed by atoms with van der Waals surface area (Å²) in [5.74, 6) is 6.38. The average molecular weight is 457 g/mol. The van der Waals surface area contributed by atoms with Gasteiger partial charge in [0.2, 0.25) is 0 Å². The van der Waals surface area contributed by atoms with Crippen molar-refractivity contribution in [2.45, 2.75) is 112 Å². The van der Waals surface area contributed by atoms with E-state index in [4.69, 9.17) is 4.74 Å². The van der Waals surface area contributed by atoms with Gasteiger partial charge in [0.05, 0.1) is 6.61 Å². The Morgan fingerprint density at radius 3 is 2.39 bits per heavy atom. The zero-order valence-electron chi connectivity index (χ0n) is 22.6. The van der Waals surface area contributed by atoms with Crippen molar-refractivity contribution in [3.05, 3.63) is 12.2 Å². The summed E-state index contributed by atoms with van der Waals surface area (Å²) in [4.78, 5) is 11.2. The molecular formula is C31H52O2. The van der Waals surface area contributed by atoms with Crippen LogP contribution in [-0.4, -0.2) is 12.6 Å². The number of carbonyl (C=O) groups excluding carboxylic acids is 1. The number of fused-ring (bicyclic) bond motifs is 5. The van der Waals surface area contributed by atoms with Crippen molar-refractivity contribution in [2.75, 3.05) is 6.61 Å². The number of hydrogen-bond acceptors (Lipinski definition) is 2. The van der Waals surface area contributed by atoms with Crippen molar-refractivity contribution in [2.24, 2.45) is 58.2 Å². The van der Waals surface area contributed by atoms with Gasteiger partial charge in [-0.2, -0.15) is 0 Å². The first-order chi connectivity index (χ1) is 15.7. The lowest BCUT2D eigenvalue weighted by atomic mass is 9.44. The van der Waals surface area contributed by atoms with Crippen LogP contribution in [0.25, 0.3) is 0 Å². The second-order valence-corrected chi connectivity index (χ2v) is 13.4. The lowest BCUT2D eigenvalue weighted by Gasteiger charge is -2.60. The molecule has 9 atom stereocenters. The van der Waals surface area contributed by atoms with Gasteiger partial charge in [-0.3, -0.25) is 4.79 Å². The number of allylic oxidation sites excluding steroid dienone is 2. The van der Waals surface area contributed by atoms with E-state index in [1.54, 1.807) is 0 Å². The van der Waals surface area contributed by atoms with E-state index in [0.29, 0.717) is 35.2 Å². The Labute approximate surface area is 204 Å². The van der Waals surface area contributed by atoms with E-state index in [1.165, 1.54) is 71.1 Å². The van der Waals surface area contributed by atoms with Gasteiger partial charge in [-0.25, -0.2) is 0 Å². The zero-order chi connectivity index (χ0) is 23.8. The van der Waals surface area contributed by atoms with Crippen molar-refractivity contribution in [3.63, 3.8) is 0 Å². The standard InChI is InChI=1S/C31H52O2/c1-21(2)24(17-20-33-23(4)32)11-10-22(3)27-14-15-28-26-13-12-25-9-7-8-18-30(25,5)29(26)16-19-31(27,28)6/h10-11,21-22,24-29H,7-9,12-20H2,1-6H3/t22-,24+,25?,26+,27-,28+,29+,30+,31-/m1/s1. The normalized spacial score (nSPS) is 42.5. The summed E-state index contributed by atoms with van der Waals surface area (Å²) in [6, 6.07) is 0. The predicted molar refractivity (Wildman–Crippen MR) is 138 cm³/mol. The van der Waals surface area contributed by atoms with Gasteiger partial charge in [-0.1, -0.05) is 59.6 Å². The topological polar surface area (TPSA) is 26.3 Å². The van der Waals surface area contributed by atoms with Gasteiger partial charge in [0.1, 0.15) is 0 Å². The molecule has 0 saturated heterocycles. The fourth-order valence-electron chi connectivity index (χ4n) is 9.64. The molecule has 0 N–H and O–H groups in total. The van der Waals surface area contributed by atoms with Crippen LogP contribution in [0.3, 0.4) is 0 Å². The van der Waals surface area contributed by atoms with E-state index in [1.807, 2.05) is 0 Å². The fraction of sp³-hybridized carbons (Fsp3) is 0.903. The Morgan fingerprint density at radius 2 is 1.67 bits per heavy atom. The monoisotopic (exact) mass is 456 g/mol. The number of hydrogen-bond donors (Lipinski definition) is 0. The molecule has 188 valence electrons. The highest BCUT2D eigenvalue weighted by Crippen LogP contribution is 2.68. The van der Waals surface area contributed by atoms with E-state index in [0.717, 1.165) is 36.0 Å². The molecule has 2 heteroatoms. The molecule has 4 rings (SSSR count). The molecule has 4 aliphatic rings. The maximum absolute atomic E-state index is 11.2. The molecule has 0 aliphatic heterocycles. The Morgan fingerprint density at radius 1 is 0.909 bits per heavy atom. The van der Waals surface area contributed by atoms with Gasteiger partial charge in [0.15, 0.2) is 0 Å². The second kappa shape index (κ2) is 10.1. The van der Waals surface area contributed by atoms with Crippen molar-refractivity contribution in [1.82, 2.24) is 0 Å². The Bertz CT molecular complexity index is 710. The van der Waals surface area contributed by atoms with Crippen molar-refractivity contribution >= 4 is 5.97 Å². The fourth-order valence-corrected chi connectivity index (χ4v) is 9.64. The third kappa shape index (κ3) is 4.84. The first-order valence-corrected chi connectivity index (χ1v) is 14.5. The zero-order valence-corrected chi connectivity index (χ0v) is 22.6. The Kier molecular flexibility index (Phi) is 7.72. The third-order valence-corrected chi connectivity index (χ3v) is 11.6. The molecule has 4 aliphatic carbocycles. The summed E-state index contributed by atoms with van der Waals surface area (Å²) < 4.78 is 5.24. The second-order valence-electron chi connectivity index (χ2n) is 13.4. The molecule has 33 heavy (non-hydrogen) atoms. The first kappa shape index (κ1) is 25.3. The molecule has 0 heterocycles. The van der Waals surface area contributed by atoms with Crippen LogP contribution in [0, 0.1) is 58.2 Å². The van der Waals surface area contributed by atoms with Crippen LogP contribution < -0.4 is 0 Å². The van der Waals surface area contributed by atoms with E-state index >= 15 is 0 Å². The van der Waals surface area contributed by atoms with Crippen LogP contribution >= 0.6 is 0 Å². The molecule has 0 aromatic carbocycles. The molecular weight excluding hydrogens is 404 g/mol. The predicted octanol–water partition coefficient (Wildman–Crippen LogP) is 8.45. The summed E-state index contributed by atoms with van der Waals surface area (Å²) in [6.07, 6.45) is 20.8. The van der Waals surface area contributed by atoms with Gasteiger partial charge in [0, 0.05) is 6.92 Å². The van der Waals surface area contributed by atoms with Crippen LogP contribution in [0.5, 0.6) is 0 Å². The quantitative estimate of drug-likeness (QED) is 0.284. The van der Waals surface area contributed by atoms with Gasteiger partial charge < -0.3 is 4.74 Å². The van der Waals surface area contributed by atoms with Crippen LogP contribution in [-0.2, 0) is 9.53 Å². The van der Waals surface area contributed by atoms with E-state index < -0.39 is 0 Å². The van der Waals surface area contributed by atoms with Gasteiger partial charge in [-0.05, 0) is 116 Å². The molecule has 4 saturated carbocycles. The SMILES string of the molecule is CC(=O)OCC[C@H](C=C[C@@H](C)[C@H]1CC[C@H]2[C@@H]3CCC4CCCC[C@]4(C)[C@H]3CC[C@]12C)C(C)C. The summed E-state index contributed by atoms with van der Waals surface area (Å²) in [7, 11) is 0. The molecule has 0 amide bonds. The Balaban J connectivity index is 1.43. The lowest BCUT2D eigenvalue weighted by molar-refractivity contribution is -0.141. The molecule has 0 aromatic heterocycles. The highest BCUT2D eigenvalue weighted by atomic mass is 16.5. The lowest BCUT2D eigenvalue weighted by Crippen LogP contribution is -2.53. The maximum atomic E-state index is 11.2. The van der Waals surface area contributed by atoms with Gasteiger partial charge in [-0.15, -0.1) is 0 Å².